The molecule has 0 aromatic carbocycles. The fourth-order valence-corrected chi connectivity index (χ4v) is 1.27. The number of aliphatic hydroxyl groups excluding tert-OH is 1. The fourth-order valence-electron chi connectivity index (χ4n) is 1.27. The van der Waals surface area contributed by atoms with Crippen LogP contribution in [0.5, 0.6) is 0 Å². The Morgan fingerprint density at radius 3 is 3.00 bits per heavy atom. The summed E-state index contributed by atoms with van der Waals surface area (Å²) < 4.78 is 4.96. The molecule has 1 aliphatic rings. The van der Waals surface area contributed by atoms with Gasteiger partial charge in [-0.05, 0) is 6.42 Å². The third-order valence-electron chi connectivity index (χ3n) is 1.76. The third-order valence-corrected chi connectivity index (χ3v) is 1.76. The molecule has 3 nitrogen and oxygen atoms in total. The Balaban J connectivity index is 2.36. The summed E-state index contributed by atoms with van der Waals surface area (Å²) in [4.78, 5) is 10.8. The Hall–Kier alpha value is -0.570. The molecule has 11 heavy (non-hydrogen) atoms. The highest BCUT2D eigenvalue weighted by atomic mass is 16.5. The van der Waals surface area contributed by atoms with E-state index in [0.717, 1.165) is 12.8 Å². The summed E-state index contributed by atoms with van der Waals surface area (Å²) in [7, 11) is 0. The van der Waals surface area contributed by atoms with Crippen molar-refractivity contribution in [3.05, 3.63) is 6.92 Å². The van der Waals surface area contributed by atoms with E-state index in [-0.39, 0.29) is 18.5 Å². The summed E-state index contributed by atoms with van der Waals surface area (Å²) in [6.45, 7) is 3.66. The van der Waals surface area contributed by atoms with Gasteiger partial charge in [0.2, 0.25) is 0 Å². The Morgan fingerprint density at radius 1 is 1.73 bits per heavy atom. The minimum Gasteiger partial charge on any atom is -0.462 e. The zero-order valence-corrected chi connectivity index (χ0v) is 6.45. The molecule has 0 aromatic heterocycles. The van der Waals surface area contributed by atoms with Crippen LogP contribution < -0.4 is 0 Å². The molecular weight excluding hydrogens is 144 g/mol. The van der Waals surface area contributed by atoms with Crippen LogP contribution in [-0.2, 0) is 9.53 Å². The van der Waals surface area contributed by atoms with E-state index in [9.17, 15) is 4.79 Å². The van der Waals surface area contributed by atoms with Gasteiger partial charge in [0, 0.05) is 6.42 Å². The lowest BCUT2D eigenvalue weighted by Gasteiger charge is -2.26. The molecule has 3 heteroatoms. The van der Waals surface area contributed by atoms with Crippen molar-refractivity contribution in [2.24, 2.45) is 0 Å². The van der Waals surface area contributed by atoms with Crippen LogP contribution in [0.15, 0.2) is 0 Å². The Labute approximate surface area is 66.4 Å². The molecule has 1 saturated heterocycles. The van der Waals surface area contributed by atoms with E-state index in [1.165, 1.54) is 0 Å². The van der Waals surface area contributed by atoms with Crippen molar-refractivity contribution in [2.45, 2.75) is 37.9 Å². The molecule has 0 radical (unpaired) electrons. The zero-order valence-electron chi connectivity index (χ0n) is 6.45. The van der Waals surface area contributed by atoms with Gasteiger partial charge >= 0.3 is 5.97 Å². The predicted octanol–water partition coefficient (Wildman–Crippen LogP) is 0.667. The van der Waals surface area contributed by atoms with E-state index in [1.54, 1.807) is 0 Å². The maximum Gasteiger partial charge on any atom is 0.308 e. The van der Waals surface area contributed by atoms with E-state index >= 15 is 0 Å². The average molecular weight is 157 g/mol. The number of ether oxygens (including phenoxy) is 1. The molecule has 0 bridgehead atoms. The van der Waals surface area contributed by atoms with E-state index in [2.05, 4.69) is 6.92 Å². The molecule has 0 aliphatic carbocycles. The van der Waals surface area contributed by atoms with Crippen LogP contribution >= 0.6 is 0 Å². The second kappa shape index (κ2) is 3.72. The highest BCUT2D eigenvalue weighted by Crippen LogP contribution is 2.18. The van der Waals surface area contributed by atoms with Crippen molar-refractivity contribution in [1.82, 2.24) is 0 Å². The van der Waals surface area contributed by atoms with Crippen LogP contribution in [0.3, 0.4) is 0 Å². The second-order valence-corrected chi connectivity index (χ2v) is 2.85. The predicted molar refractivity (Wildman–Crippen MR) is 39.7 cm³/mol. The van der Waals surface area contributed by atoms with Gasteiger partial charge in [0.1, 0.15) is 6.10 Å². The highest BCUT2D eigenvalue weighted by molar-refractivity contribution is 5.70. The number of carbonyl (C=O) groups is 1. The first-order valence-corrected chi connectivity index (χ1v) is 3.89. The monoisotopic (exact) mass is 157 g/mol. The van der Waals surface area contributed by atoms with Gasteiger partial charge in [-0.3, -0.25) is 4.79 Å². The number of hydrogen-bond acceptors (Lipinski definition) is 3. The standard InChI is InChI=1S/C8H13O3/c1-2-3-7-4-6(9)5-8(10)11-7/h6-7,9H,1-5H2/q-1/t6-,7?/m1/s1. The smallest absolute Gasteiger partial charge is 0.308 e. The van der Waals surface area contributed by atoms with Crippen molar-refractivity contribution >= 4 is 5.97 Å². The van der Waals surface area contributed by atoms with Gasteiger partial charge in [-0.1, -0.05) is 0 Å². The van der Waals surface area contributed by atoms with Gasteiger partial charge in [-0.15, -0.1) is 0 Å². The van der Waals surface area contributed by atoms with E-state index < -0.39 is 6.10 Å². The molecule has 1 aliphatic heterocycles. The van der Waals surface area contributed by atoms with Crippen LogP contribution in [0.2, 0.25) is 0 Å². The van der Waals surface area contributed by atoms with Crippen LogP contribution in [0.25, 0.3) is 0 Å². The molecule has 0 amide bonds. The number of esters is 1. The minimum atomic E-state index is -0.507. The lowest BCUT2D eigenvalue weighted by Crippen LogP contribution is -2.32. The molecule has 0 spiro atoms. The zero-order chi connectivity index (χ0) is 8.27. The highest BCUT2D eigenvalue weighted by Gasteiger charge is 2.25. The minimum absolute atomic E-state index is 0.108. The molecule has 1 heterocycles. The van der Waals surface area contributed by atoms with E-state index in [1.807, 2.05) is 0 Å². The lowest BCUT2D eigenvalue weighted by molar-refractivity contribution is -0.160. The van der Waals surface area contributed by atoms with Crippen LogP contribution in [0, 0.1) is 6.92 Å². The SMILES string of the molecule is [CH2-]CCC1C[C@@H](O)CC(=O)O1. The average Bonchev–Trinajstić information content (AvgIpc) is 1.85. The molecule has 0 saturated carbocycles. The molecule has 1 fully saturated rings. The van der Waals surface area contributed by atoms with Crippen molar-refractivity contribution < 1.29 is 14.6 Å². The van der Waals surface area contributed by atoms with Gasteiger partial charge < -0.3 is 16.8 Å². The van der Waals surface area contributed by atoms with Crippen molar-refractivity contribution in [3.8, 4) is 0 Å². The van der Waals surface area contributed by atoms with Crippen molar-refractivity contribution in [2.75, 3.05) is 0 Å². The molecule has 64 valence electrons. The molecule has 2 atom stereocenters. The quantitative estimate of drug-likeness (QED) is 0.473. The third kappa shape index (κ3) is 2.50. The first kappa shape index (κ1) is 8.53. The van der Waals surface area contributed by atoms with E-state index in [4.69, 9.17) is 9.84 Å². The second-order valence-electron chi connectivity index (χ2n) is 2.85. The van der Waals surface area contributed by atoms with Gasteiger partial charge in [-0.25, -0.2) is 0 Å². The molecule has 1 rings (SSSR count). The van der Waals surface area contributed by atoms with Crippen molar-refractivity contribution in [3.63, 3.8) is 0 Å². The van der Waals surface area contributed by atoms with E-state index in [0.29, 0.717) is 6.42 Å². The summed E-state index contributed by atoms with van der Waals surface area (Å²) in [5.41, 5.74) is 0. The number of cyclic esters (lactones) is 1. The number of aliphatic hydroxyl groups is 1. The fraction of sp³-hybridized carbons (Fsp3) is 0.750. The lowest BCUT2D eigenvalue weighted by atomic mass is 10.0. The molecule has 0 aromatic rings. The maximum absolute atomic E-state index is 10.8. The van der Waals surface area contributed by atoms with Crippen LogP contribution in [0.1, 0.15) is 25.7 Å². The number of carbonyl (C=O) groups excluding carboxylic acids is 1. The topological polar surface area (TPSA) is 46.5 Å². The molecule has 1 unspecified atom stereocenters. The summed E-state index contributed by atoms with van der Waals surface area (Å²) in [6.07, 6.45) is 1.60. The largest absolute Gasteiger partial charge is 0.462 e. The Kier molecular flexibility index (Phi) is 2.88. The van der Waals surface area contributed by atoms with Gasteiger partial charge in [0.05, 0.1) is 12.5 Å². The van der Waals surface area contributed by atoms with Gasteiger partial charge in [0.15, 0.2) is 0 Å². The number of rotatable bonds is 2. The van der Waals surface area contributed by atoms with Crippen molar-refractivity contribution in [1.29, 1.82) is 0 Å². The number of hydrogen-bond donors (Lipinski definition) is 1. The molecule has 1 N–H and O–H groups in total. The summed E-state index contributed by atoms with van der Waals surface area (Å²) in [5, 5.41) is 9.16. The maximum atomic E-state index is 10.8. The summed E-state index contributed by atoms with van der Waals surface area (Å²) >= 11 is 0. The Morgan fingerprint density at radius 2 is 2.45 bits per heavy atom. The van der Waals surface area contributed by atoms with Crippen LogP contribution in [0.4, 0.5) is 0 Å². The van der Waals surface area contributed by atoms with Gasteiger partial charge in [-0.2, -0.15) is 6.42 Å². The van der Waals surface area contributed by atoms with Gasteiger partial charge in [0.25, 0.3) is 0 Å². The van der Waals surface area contributed by atoms with Crippen LogP contribution in [-0.4, -0.2) is 23.3 Å². The first-order chi connectivity index (χ1) is 5.22. The molecular formula is C8H13O3-. The summed E-state index contributed by atoms with van der Waals surface area (Å²) in [6, 6.07) is 0. The normalized spacial score (nSPS) is 31.6. The summed E-state index contributed by atoms with van der Waals surface area (Å²) in [5.74, 6) is -0.290. The first-order valence-electron chi connectivity index (χ1n) is 3.89. The Bertz CT molecular complexity index is 144.